The van der Waals surface area contributed by atoms with Crippen molar-refractivity contribution in [2.75, 3.05) is 13.1 Å². The molecular formula is C16H21Cl2NO3. The molecule has 6 heteroatoms. The predicted molar refractivity (Wildman–Crippen MR) is 87.8 cm³/mol. The number of halogens is 2. The van der Waals surface area contributed by atoms with Gasteiger partial charge in [-0.25, -0.2) is 0 Å². The van der Waals surface area contributed by atoms with Crippen LogP contribution in [-0.2, 0) is 9.53 Å². The summed E-state index contributed by atoms with van der Waals surface area (Å²) in [6, 6.07) is 4.95. The van der Waals surface area contributed by atoms with Crippen LogP contribution in [0.1, 0.15) is 27.7 Å². The van der Waals surface area contributed by atoms with Crippen molar-refractivity contribution in [1.82, 2.24) is 4.90 Å². The number of ether oxygens (including phenoxy) is 2. The highest BCUT2D eigenvalue weighted by atomic mass is 35.5. The van der Waals surface area contributed by atoms with E-state index in [4.69, 9.17) is 32.7 Å². The summed E-state index contributed by atoms with van der Waals surface area (Å²) in [6.07, 6.45) is 0.0326. The van der Waals surface area contributed by atoms with Crippen molar-refractivity contribution >= 4 is 29.1 Å². The van der Waals surface area contributed by atoms with Crippen LogP contribution >= 0.6 is 23.2 Å². The van der Waals surface area contributed by atoms with Crippen LogP contribution in [0, 0.1) is 0 Å². The molecule has 0 aliphatic carbocycles. The van der Waals surface area contributed by atoms with E-state index in [0.717, 1.165) is 0 Å². The van der Waals surface area contributed by atoms with Crippen LogP contribution in [0.2, 0.25) is 10.0 Å². The highest BCUT2D eigenvalue weighted by Gasteiger charge is 2.37. The van der Waals surface area contributed by atoms with Crippen LogP contribution in [0.5, 0.6) is 5.75 Å². The first-order valence-corrected chi connectivity index (χ1v) is 8.03. The van der Waals surface area contributed by atoms with Crippen molar-refractivity contribution in [1.29, 1.82) is 0 Å². The van der Waals surface area contributed by atoms with Crippen molar-refractivity contribution in [2.24, 2.45) is 0 Å². The SMILES string of the molecule is C[C@@H]1CN(C(=O)C(C)(C)Oc2ccc(Cl)cc2Cl)C[C@H](C)O1. The Labute approximate surface area is 141 Å². The van der Waals surface area contributed by atoms with Crippen LogP contribution in [0.15, 0.2) is 18.2 Å². The molecule has 1 saturated heterocycles. The second-order valence-electron chi connectivity index (χ2n) is 6.15. The lowest BCUT2D eigenvalue weighted by atomic mass is 10.1. The summed E-state index contributed by atoms with van der Waals surface area (Å²) in [4.78, 5) is 14.6. The van der Waals surface area contributed by atoms with Crippen LogP contribution in [0.3, 0.4) is 0 Å². The van der Waals surface area contributed by atoms with Gasteiger partial charge in [-0.2, -0.15) is 0 Å². The number of morpholine rings is 1. The number of carbonyl (C=O) groups is 1. The van der Waals surface area contributed by atoms with E-state index >= 15 is 0 Å². The van der Waals surface area contributed by atoms with E-state index in [1.54, 1.807) is 36.9 Å². The second-order valence-corrected chi connectivity index (χ2v) is 7.00. The summed E-state index contributed by atoms with van der Waals surface area (Å²) in [5, 5.41) is 0.911. The summed E-state index contributed by atoms with van der Waals surface area (Å²) < 4.78 is 11.5. The van der Waals surface area contributed by atoms with E-state index in [9.17, 15) is 4.79 Å². The molecule has 0 unspecified atom stereocenters. The second kappa shape index (κ2) is 6.65. The van der Waals surface area contributed by atoms with Gasteiger partial charge in [0.15, 0.2) is 5.60 Å². The van der Waals surface area contributed by atoms with Crippen molar-refractivity contribution in [3.63, 3.8) is 0 Å². The Morgan fingerprint density at radius 1 is 1.27 bits per heavy atom. The molecule has 1 heterocycles. The van der Waals surface area contributed by atoms with Crippen LogP contribution in [-0.4, -0.2) is 41.7 Å². The fourth-order valence-corrected chi connectivity index (χ4v) is 3.05. The van der Waals surface area contributed by atoms with E-state index in [1.807, 2.05) is 13.8 Å². The molecule has 0 N–H and O–H groups in total. The van der Waals surface area contributed by atoms with E-state index in [2.05, 4.69) is 0 Å². The minimum atomic E-state index is -1.02. The molecule has 1 fully saturated rings. The van der Waals surface area contributed by atoms with Gasteiger partial charge in [-0.3, -0.25) is 4.79 Å². The molecule has 0 spiro atoms. The van der Waals surface area contributed by atoms with Gasteiger partial charge in [0, 0.05) is 18.1 Å². The predicted octanol–water partition coefficient (Wildman–Crippen LogP) is 3.79. The van der Waals surface area contributed by atoms with Gasteiger partial charge in [-0.05, 0) is 45.9 Å². The van der Waals surface area contributed by atoms with Gasteiger partial charge in [0.2, 0.25) is 0 Å². The number of benzene rings is 1. The summed E-state index contributed by atoms with van der Waals surface area (Å²) in [5.74, 6) is 0.360. The third-order valence-corrected chi connectivity index (χ3v) is 4.01. The maximum absolute atomic E-state index is 12.8. The van der Waals surface area contributed by atoms with E-state index < -0.39 is 5.60 Å². The lowest BCUT2D eigenvalue weighted by Gasteiger charge is -2.39. The molecule has 1 aromatic carbocycles. The Balaban J connectivity index is 2.13. The molecule has 1 aliphatic rings. The van der Waals surface area contributed by atoms with Crippen LogP contribution in [0.25, 0.3) is 0 Å². The van der Waals surface area contributed by atoms with Crippen molar-refractivity contribution < 1.29 is 14.3 Å². The Morgan fingerprint density at radius 2 is 1.86 bits per heavy atom. The monoisotopic (exact) mass is 345 g/mol. The minimum absolute atomic E-state index is 0.0163. The molecule has 22 heavy (non-hydrogen) atoms. The first-order chi connectivity index (χ1) is 10.2. The summed E-state index contributed by atoms with van der Waals surface area (Å²) in [6.45, 7) is 8.52. The lowest BCUT2D eigenvalue weighted by molar-refractivity contribution is -0.156. The Bertz CT molecular complexity index is 552. The normalized spacial score (nSPS) is 22.5. The third-order valence-electron chi connectivity index (χ3n) is 3.48. The minimum Gasteiger partial charge on any atom is -0.476 e. The molecule has 2 atom stereocenters. The largest absolute Gasteiger partial charge is 0.476 e. The van der Waals surface area contributed by atoms with E-state index in [1.165, 1.54) is 0 Å². The van der Waals surface area contributed by atoms with Gasteiger partial charge in [0.05, 0.1) is 17.2 Å². The first-order valence-electron chi connectivity index (χ1n) is 7.28. The fraction of sp³-hybridized carbons (Fsp3) is 0.562. The van der Waals surface area contributed by atoms with Crippen LogP contribution < -0.4 is 4.74 Å². The number of nitrogens with zero attached hydrogens (tertiary/aromatic N) is 1. The summed E-state index contributed by atoms with van der Waals surface area (Å²) in [5.41, 5.74) is -1.02. The highest BCUT2D eigenvalue weighted by Crippen LogP contribution is 2.31. The van der Waals surface area contributed by atoms with Crippen LogP contribution in [0.4, 0.5) is 0 Å². The fourth-order valence-electron chi connectivity index (χ4n) is 2.60. The molecular weight excluding hydrogens is 325 g/mol. The summed E-state index contributed by atoms with van der Waals surface area (Å²) in [7, 11) is 0. The molecule has 0 saturated carbocycles. The smallest absolute Gasteiger partial charge is 0.266 e. The van der Waals surface area contributed by atoms with Gasteiger partial charge in [0.1, 0.15) is 5.75 Å². The van der Waals surface area contributed by atoms with Gasteiger partial charge in [-0.1, -0.05) is 23.2 Å². The average molecular weight is 346 g/mol. The van der Waals surface area contributed by atoms with Crippen molar-refractivity contribution in [3.05, 3.63) is 28.2 Å². The number of amides is 1. The third kappa shape index (κ3) is 4.06. The Morgan fingerprint density at radius 3 is 2.41 bits per heavy atom. The van der Waals surface area contributed by atoms with E-state index in [-0.39, 0.29) is 18.1 Å². The zero-order valence-electron chi connectivity index (χ0n) is 13.2. The topological polar surface area (TPSA) is 38.8 Å². The maximum Gasteiger partial charge on any atom is 0.266 e. The summed E-state index contributed by atoms with van der Waals surface area (Å²) >= 11 is 12.0. The molecule has 4 nitrogen and oxygen atoms in total. The van der Waals surface area contributed by atoms with Gasteiger partial charge < -0.3 is 14.4 Å². The quantitative estimate of drug-likeness (QED) is 0.836. The number of hydrogen-bond donors (Lipinski definition) is 0. The molecule has 0 bridgehead atoms. The molecule has 1 aliphatic heterocycles. The van der Waals surface area contributed by atoms with E-state index in [0.29, 0.717) is 28.9 Å². The molecule has 1 aromatic rings. The standard InChI is InChI=1S/C16H21Cl2NO3/c1-10-8-19(9-11(2)21-10)15(20)16(3,4)22-14-6-5-12(17)7-13(14)18/h5-7,10-11H,8-9H2,1-4H3/t10-,11+. The number of rotatable bonds is 3. The molecule has 0 radical (unpaired) electrons. The Hall–Kier alpha value is -0.970. The molecule has 0 aromatic heterocycles. The van der Waals surface area contributed by atoms with Gasteiger partial charge in [0.25, 0.3) is 5.91 Å². The zero-order valence-corrected chi connectivity index (χ0v) is 14.7. The zero-order chi connectivity index (χ0) is 16.5. The first kappa shape index (κ1) is 17.4. The van der Waals surface area contributed by atoms with Crippen molar-refractivity contribution in [3.8, 4) is 5.75 Å². The average Bonchev–Trinajstić information content (AvgIpc) is 2.40. The number of hydrogen-bond acceptors (Lipinski definition) is 3. The van der Waals surface area contributed by atoms with Crippen molar-refractivity contribution in [2.45, 2.75) is 45.5 Å². The molecule has 2 rings (SSSR count). The van der Waals surface area contributed by atoms with Gasteiger partial charge in [-0.15, -0.1) is 0 Å². The van der Waals surface area contributed by atoms with Gasteiger partial charge >= 0.3 is 0 Å². The number of carbonyl (C=O) groups excluding carboxylic acids is 1. The highest BCUT2D eigenvalue weighted by molar-refractivity contribution is 6.35. The molecule has 1 amide bonds. The Kier molecular flexibility index (Phi) is 5.25. The maximum atomic E-state index is 12.8. The lowest BCUT2D eigenvalue weighted by Crippen LogP contribution is -2.55. The molecule has 122 valence electrons.